The van der Waals surface area contributed by atoms with Crippen LogP contribution in [0.1, 0.15) is 31.7 Å². The lowest BCUT2D eigenvalue weighted by Crippen LogP contribution is -2.37. The molecule has 1 aliphatic rings. The average molecular weight is 318 g/mol. The Bertz CT molecular complexity index is 870. The van der Waals surface area contributed by atoms with E-state index in [9.17, 15) is 19.7 Å². The molecule has 122 valence electrons. The Morgan fingerprint density at radius 2 is 2.00 bits per heavy atom. The highest BCUT2D eigenvalue weighted by atomic mass is 16.6. The van der Waals surface area contributed by atoms with E-state index in [2.05, 4.69) is 21.8 Å². The molecule has 0 spiro atoms. The molecule has 0 amide bonds. The predicted octanol–water partition coefficient (Wildman–Crippen LogP) is 1.50. The number of aromatic amines is 2. The van der Waals surface area contributed by atoms with Crippen molar-refractivity contribution in [3.05, 3.63) is 48.5 Å². The number of nitro benzene ring substituents is 1. The van der Waals surface area contributed by atoms with E-state index in [-0.39, 0.29) is 11.2 Å². The van der Waals surface area contributed by atoms with Crippen LogP contribution in [0.25, 0.3) is 11.0 Å². The molecule has 1 aliphatic heterocycles. The van der Waals surface area contributed by atoms with Crippen molar-refractivity contribution in [1.82, 2.24) is 14.9 Å². The van der Waals surface area contributed by atoms with E-state index >= 15 is 0 Å². The number of fused-ring (bicyclic) bond motifs is 1. The molecule has 2 heterocycles. The van der Waals surface area contributed by atoms with E-state index in [0.717, 1.165) is 19.4 Å². The van der Waals surface area contributed by atoms with Gasteiger partial charge in [0.05, 0.1) is 16.0 Å². The van der Waals surface area contributed by atoms with Crippen LogP contribution < -0.4 is 11.1 Å². The number of piperidine rings is 1. The van der Waals surface area contributed by atoms with E-state index in [1.165, 1.54) is 18.6 Å². The zero-order chi connectivity index (χ0) is 16.6. The largest absolute Gasteiger partial charge is 0.316 e. The van der Waals surface area contributed by atoms with Gasteiger partial charge in [-0.1, -0.05) is 6.42 Å². The minimum Gasteiger partial charge on any atom is -0.316 e. The zero-order valence-corrected chi connectivity index (χ0v) is 12.8. The lowest BCUT2D eigenvalue weighted by Gasteiger charge is -2.33. The summed E-state index contributed by atoms with van der Waals surface area (Å²) < 4.78 is 0. The van der Waals surface area contributed by atoms with Crippen LogP contribution >= 0.6 is 0 Å². The van der Waals surface area contributed by atoms with Gasteiger partial charge in [-0.2, -0.15) is 0 Å². The van der Waals surface area contributed by atoms with E-state index in [0.29, 0.717) is 23.7 Å². The Balaban J connectivity index is 2.12. The monoisotopic (exact) mass is 318 g/mol. The smallest absolute Gasteiger partial charge is 0.314 e. The van der Waals surface area contributed by atoms with Crippen molar-refractivity contribution in [2.45, 2.75) is 38.8 Å². The molecule has 1 atom stereocenters. The fraction of sp³-hybridized carbons (Fsp3) is 0.467. The molecule has 0 aliphatic carbocycles. The average Bonchev–Trinajstić information content (AvgIpc) is 2.51. The second-order valence-corrected chi connectivity index (χ2v) is 6.01. The van der Waals surface area contributed by atoms with Gasteiger partial charge in [0.1, 0.15) is 0 Å². The summed E-state index contributed by atoms with van der Waals surface area (Å²) in [7, 11) is 0. The number of hydrogen-bond donors (Lipinski definition) is 2. The SMILES string of the molecule is CC1CCCCN1Cc1cc([N+](=O)[O-])cc2[nH]c(=O)c(=O)[nH]c12. The highest BCUT2D eigenvalue weighted by Crippen LogP contribution is 2.25. The molecule has 1 unspecified atom stereocenters. The predicted molar refractivity (Wildman–Crippen MR) is 85.6 cm³/mol. The summed E-state index contributed by atoms with van der Waals surface area (Å²) >= 11 is 0. The van der Waals surface area contributed by atoms with Gasteiger partial charge >= 0.3 is 11.1 Å². The third kappa shape index (κ3) is 3.02. The van der Waals surface area contributed by atoms with Gasteiger partial charge in [-0.25, -0.2) is 0 Å². The summed E-state index contributed by atoms with van der Waals surface area (Å²) in [6.07, 6.45) is 3.35. The van der Waals surface area contributed by atoms with E-state index in [1.807, 2.05) is 0 Å². The second kappa shape index (κ2) is 5.96. The van der Waals surface area contributed by atoms with Crippen molar-refractivity contribution in [2.75, 3.05) is 6.54 Å². The molecule has 8 nitrogen and oxygen atoms in total. The van der Waals surface area contributed by atoms with E-state index < -0.39 is 16.0 Å². The first kappa shape index (κ1) is 15.4. The molecule has 2 N–H and O–H groups in total. The number of nitro groups is 1. The summed E-state index contributed by atoms with van der Waals surface area (Å²) in [5, 5.41) is 11.1. The van der Waals surface area contributed by atoms with Gasteiger partial charge < -0.3 is 9.97 Å². The maximum Gasteiger partial charge on any atom is 0.314 e. The summed E-state index contributed by atoms with van der Waals surface area (Å²) in [5.41, 5.74) is -0.271. The first-order valence-electron chi connectivity index (χ1n) is 7.63. The molecule has 2 aromatic rings. The Kier molecular flexibility index (Phi) is 3.99. The first-order chi connectivity index (χ1) is 11.0. The lowest BCUT2D eigenvalue weighted by atomic mass is 10.0. The minimum atomic E-state index is -0.810. The number of aromatic nitrogens is 2. The van der Waals surface area contributed by atoms with Gasteiger partial charge in [0.15, 0.2) is 0 Å². The van der Waals surface area contributed by atoms with Crippen molar-refractivity contribution in [1.29, 1.82) is 0 Å². The first-order valence-corrected chi connectivity index (χ1v) is 7.63. The van der Waals surface area contributed by atoms with Crippen molar-refractivity contribution < 1.29 is 4.92 Å². The quantitative estimate of drug-likeness (QED) is 0.506. The van der Waals surface area contributed by atoms with Crippen LogP contribution in [0.4, 0.5) is 5.69 Å². The van der Waals surface area contributed by atoms with Crippen LogP contribution in [-0.2, 0) is 6.54 Å². The molecule has 1 fully saturated rings. The number of rotatable bonds is 3. The Hall–Kier alpha value is -2.48. The van der Waals surface area contributed by atoms with Gasteiger partial charge in [0.25, 0.3) is 5.69 Å². The Labute approximate surface area is 131 Å². The molecule has 0 radical (unpaired) electrons. The maximum atomic E-state index is 11.6. The van der Waals surface area contributed by atoms with Gasteiger partial charge in [-0.15, -0.1) is 0 Å². The normalized spacial score (nSPS) is 19.1. The summed E-state index contributed by atoms with van der Waals surface area (Å²) in [6.45, 7) is 3.55. The Morgan fingerprint density at radius 1 is 1.26 bits per heavy atom. The van der Waals surface area contributed by atoms with Crippen LogP contribution in [0, 0.1) is 10.1 Å². The standard InChI is InChI=1S/C15H18N4O4/c1-9-4-2-3-5-18(9)8-10-6-11(19(22)23)7-12-13(10)17-15(21)14(20)16-12/h6-7,9H,2-5,8H2,1H3,(H,16,20)(H,17,21). The highest BCUT2D eigenvalue weighted by molar-refractivity contribution is 5.80. The van der Waals surface area contributed by atoms with Crippen molar-refractivity contribution in [3.63, 3.8) is 0 Å². The topological polar surface area (TPSA) is 112 Å². The maximum absolute atomic E-state index is 11.6. The molecular formula is C15H18N4O4. The molecule has 23 heavy (non-hydrogen) atoms. The molecule has 8 heteroatoms. The number of likely N-dealkylation sites (tertiary alicyclic amines) is 1. The molecule has 0 bridgehead atoms. The van der Waals surface area contributed by atoms with E-state index in [4.69, 9.17) is 0 Å². The molecule has 0 saturated carbocycles. The number of benzene rings is 1. The van der Waals surface area contributed by atoms with Crippen LogP contribution in [0.2, 0.25) is 0 Å². The van der Waals surface area contributed by atoms with Crippen molar-refractivity contribution >= 4 is 16.7 Å². The number of non-ortho nitro benzene ring substituents is 1. The Morgan fingerprint density at radius 3 is 2.70 bits per heavy atom. The van der Waals surface area contributed by atoms with Crippen LogP contribution in [0.5, 0.6) is 0 Å². The molecule has 1 aromatic carbocycles. The van der Waals surface area contributed by atoms with Gasteiger partial charge in [-0.3, -0.25) is 24.6 Å². The molecule has 1 aromatic heterocycles. The van der Waals surface area contributed by atoms with Crippen LogP contribution in [-0.4, -0.2) is 32.4 Å². The van der Waals surface area contributed by atoms with Gasteiger partial charge in [0, 0.05) is 24.7 Å². The number of hydrogen-bond acceptors (Lipinski definition) is 5. The van der Waals surface area contributed by atoms with Gasteiger partial charge in [0.2, 0.25) is 0 Å². The molecule has 1 saturated heterocycles. The summed E-state index contributed by atoms with van der Waals surface area (Å²) in [5.74, 6) is 0. The van der Waals surface area contributed by atoms with Crippen molar-refractivity contribution in [3.8, 4) is 0 Å². The number of nitrogens with zero attached hydrogens (tertiary/aromatic N) is 2. The third-order valence-corrected chi connectivity index (χ3v) is 4.42. The van der Waals surface area contributed by atoms with Crippen molar-refractivity contribution in [2.24, 2.45) is 0 Å². The van der Waals surface area contributed by atoms with E-state index in [1.54, 1.807) is 0 Å². The van der Waals surface area contributed by atoms with Crippen LogP contribution in [0.3, 0.4) is 0 Å². The third-order valence-electron chi connectivity index (χ3n) is 4.42. The highest BCUT2D eigenvalue weighted by Gasteiger charge is 2.21. The second-order valence-electron chi connectivity index (χ2n) is 6.01. The zero-order valence-electron chi connectivity index (χ0n) is 12.8. The molecular weight excluding hydrogens is 300 g/mol. The van der Waals surface area contributed by atoms with Gasteiger partial charge in [-0.05, 0) is 31.9 Å². The number of nitrogens with one attached hydrogen (secondary N) is 2. The lowest BCUT2D eigenvalue weighted by molar-refractivity contribution is -0.384. The summed E-state index contributed by atoms with van der Waals surface area (Å²) in [6, 6.07) is 3.13. The number of H-pyrrole nitrogens is 2. The fourth-order valence-electron chi connectivity index (χ4n) is 3.12. The summed E-state index contributed by atoms with van der Waals surface area (Å²) in [4.78, 5) is 41.0. The van der Waals surface area contributed by atoms with Crippen LogP contribution in [0.15, 0.2) is 21.7 Å². The minimum absolute atomic E-state index is 0.0974. The fourth-order valence-corrected chi connectivity index (χ4v) is 3.12. The molecule has 3 rings (SSSR count).